The lowest BCUT2D eigenvalue weighted by molar-refractivity contribution is -0.137. The topological polar surface area (TPSA) is 91.4 Å². The minimum Gasteiger partial charge on any atom is -0.454 e. The highest BCUT2D eigenvalue weighted by atomic mass is 16.7. The Labute approximate surface area is 198 Å². The van der Waals surface area contributed by atoms with Gasteiger partial charge in [0.1, 0.15) is 0 Å². The van der Waals surface area contributed by atoms with Gasteiger partial charge in [0.15, 0.2) is 11.5 Å². The fourth-order valence-electron chi connectivity index (χ4n) is 4.73. The number of nitrogens with zero attached hydrogens (tertiary/aromatic N) is 3. The third-order valence-corrected chi connectivity index (χ3v) is 6.50. The van der Waals surface area contributed by atoms with Gasteiger partial charge in [-0.1, -0.05) is 6.07 Å². The molecule has 0 spiro atoms. The Hall–Kier alpha value is -3.59. The Balaban J connectivity index is 1.13. The molecule has 2 aromatic carbocycles. The average Bonchev–Trinajstić information content (AvgIpc) is 3.45. The normalized spacial score (nSPS) is 20.0. The molecule has 178 valence electrons. The molecular formula is C25H28N4O5. The van der Waals surface area contributed by atoms with E-state index in [2.05, 4.69) is 10.2 Å². The lowest BCUT2D eigenvalue weighted by Gasteiger charge is -2.36. The lowest BCUT2D eigenvalue weighted by atomic mass is 10.1. The van der Waals surface area contributed by atoms with Crippen molar-refractivity contribution in [2.24, 2.45) is 5.92 Å². The number of anilines is 2. The second kappa shape index (κ2) is 9.34. The number of ether oxygens (including phenoxy) is 2. The van der Waals surface area contributed by atoms with Gasteiger partial charge in [0.25, 0.3) is 0 Å². The number of amides is 3. The molecule has 0 aliphatic carbocycles. The predicted molar refractivity (Wildman–Crippen MR) is 126 cm³/mol. The maximum Gasteiger partial charge on any atom is 0.231 e. The van der Waals surface area contributed by atoms with Crippen LogP contribution < -0.4 is 19.7 Å². The van der Waals surface area contributed by atoms with Crippen LogP contribution >= 0.6 is 0 Å². The SMILES string of the molecule is CC(=O)Nc1ccc(N2CC(C(=O)N3CCN(Cc4ccc5c(c4)OCO5)CC3)CC2=O)cc1. The molecule has 5 rings (SSSR count). The van der Waals surface area contributed by atoms with Gasteiger partial charge in [-0.05, 0) is 42.0 Å². The maximum absolute atomic E-state index is 13.1. The number of hydrogen-bond acceptors (Lipinski definition) is 6. The zero-order valence-electron chi connectivity index (χ0n) is 19.2. The van der Waals surface area contributed by atoms with Crippen molar-refractivity contribution in [1.29, 1.82) is 0 Å². The van der Waals surface area contributed by atoms with Crippen LogP contribution in [0.5, 0.6) is 11.5 Å². The zero-order chi connectivity index (χ0) is 23.7. The van der Waals surface area contributed by atoms with Crippen molar-refractivity contribution in [3.8, 4) is 11.5 Å². The molecule has 0 aromatic heterocycles. The van der Waals surface area contributed by atoms with Crippen LogP contribution in [0.2, 0.25) is 0 Å². The minimum absolute atomic E-state index is 0.0490. The first-order chi connectivity index (χ1) is 16.5. The fraction of sp³-hybridized carbons (Fsp3) is 0.400. The molecule has 3 aliphatic heterocycles. The minimum atomic E-state index is -0.331. The van der Waals surface area contributed by atoms with Gasteiger partial charge in [-0.3, -0.25) is 19.3 Å². The molecule has 2 aromatic rings. The van der Waals surface area contributed by atoms with Crippen molar-refractivity contribution >= 4 is 29.1 Å². The largest absolute Gasteiger partial charge is 0.454 e. The van der Waals surface area contributed by atoms with Crippen LogP contribution in [0.4, 0.5) is 11.4 Å². The smallest absolute Gasteiger partial charge is 0.231 e. The summed E-state index contributed by atoms with van der Waals surface area (Å²) in [6, 6.07) is 13.1. The van der Waals surface area contributed by atoms with E-state index in [1.54, 1.807) is 29.2 Å². The second-order valence-electron chi connectivity index (χ2n) is 8.92. The molecule has 2 saturated heterocycles. The van der Waals surface area contributed by atoms with Crippen LogP contribution in [-0.4, -0.2) is 67.0 Å². The van der Waals surface area contributed by atoms with Gasteiger partial charge in [-0.25, -0.2) is 0 Å². The van der Waals surface area contributed by atoms with Crippen LogP contribution in [0.25, 0.3) is 0 Å². The van der Waals surface area contributed by atoms with E-state index in [4.69, 9.17) is 9.47 Å². The molecule has 3 heterocycles. The summed E-state index contributed by atoms with van der Waals surface area (Å²) >= 11 is 0. The summed E-state index contributed by atoms with van der Waals surface area (Å²) in [5, 5.41) is 2.71. The molecular weight excluding hydrogens is 436 g/mol. The molecule has 1 atom stereocenters. The molecule has 1 unspecified atom stereocenters. The highest BCUT2D eigenvalue weighted by molar-refractivity contribution is 6.00. The number of rotatable bonds is 5. The Bertz CT molecular complexity index is 1090. The molecule has 2 fully saturated rings. The summed E-state index contributed by atoms with van der Waals surface area (Å²) in [5.41, 5.74) is 2.57. The van der Waals surface area contributed by atoms with Gasteiger partial charge in [-0.15, -0.1) is 0 Å². The number of carbonyl (C=O) groups is 3. The molecule has 9 nitrogen and oxygen atoms in total. The lowest BCUT2D eigenvalue weighted by Crippen LogP contribution is -2.50. The van der Waals surface area contributed by atoms with E-state index in [0.717, 1.165) is 42.4 Å². The third-order valence-electron chi connectivity index (χ3n) is 6.50. The van der Waals surface area contributed by atoms with Gasteiger partial charge in [0.05, 0.1) is 5.92 Å². The van der Waals surface area contributed by atoms with E-state index < -0.39 is 0 Å². The Morgan fingerprint density at radius 1 is 1.00 bits per heavy atom. The van der Waals surface area contributed by atoms with Crippen molar-refractivity contribution < 1.29 is 23.9 Å². The van der Waals surface area contributed by atoms with Crippen molar-refractivity contribution in [2.45, 2.75) is 19.9 Å². The Morgan fingerprint density at radius 2 is 1.74 bits per heavy atom. The first kappa shape index (κ1) is 22.2. The summed E-state index contributed by atoms with van der Waals surface area (Å²) in [6.45, 7) is 5.77. The Morgan fingerprint density at radius 3 is 2.47 bits per heavy atom. The molecule has 9 heteroatoms. The van der Waals surface area contributed by atoms with Crippen molar-refractivity contribution in [2.75, 3.05) is 49.7 Å². The second-order valence-corrected chi connectivity index (χ2v) is 8.92. The van der Waals surface area contributed by atoms with E-state index in [-0.39, 0.29) is 36.9 Å². The third kappa shape index (κ3) is 4.70. The zero-order valence-corrected chi connectivity index (χ0v) is 19.2. The van der Waals surface area contributed by atoms with Crippen molar-refractivity contribution in [3.63, 3.8) is 0 Å². The highest BCUT2D eigenvalue weighted by Crippen LogP contribution is 2.33. The summed E-state index contributed by atoms with van der Waals surface area (Å²) in [5.74, 6) is 1.09. The van der Waals surface area contributed by atoms with E-state index in [1.165, 1.54) is 6.92 Å². The average molecular weight is 465 g/mol. The Kier molecular flexibility index (Phi) is 6.10. The highest BCUT2D eigenvalue weighted by Gasteiger charge is 2.38. The predicted octanol–water partition coefficient (Wildman–Crippen LogP) is 2.07. The molecule has 1 N–H and O–H groups in total. The monoisotopic (exact) mass is 464 g/mol. The molecule has 0 bridgehead atoms. The fourth-order valence-corrected chi connectivity index (χ4v) is 4.73. The van der Waals surface area contributed by atoms with Crippen LogP contribution in [0.1, 0.15) is 18.9 Å². The first-order valence-corrected chi connectivity index (χ1v) is 11.5. The van der Waals surface area contributed by atoms with Gasteiger partial charge < -0.3 is 24.6 Å². The van der Waals surface area contributed by atoms with Gasteiger partial charge in [0.2, 0.25) is 24.5 Å². The van der Waals surface area contributed by atoms with Crippen LogP contribution in [0.3, 0.4) is 0 Å². The number of piperazine rings is 1. The summed E-state index contributed by atoms with van der Waals surface area (Å²) in [6.07, 6.45) is 0.226. The van der Waals surface area contributed by atoms with Gasteiger partial charge in [-0.2, -0.15) is 0 Å². The van der Waals surface area contributed by atoms with Gasteiger partial charge in [0, 0.05) is 64.0 Å². The first-order valence-electron chi connectivity index (χ1n) is 11.5. The van der Waals surface area contributed by atoms with Crippen molar-refractivity contribution in [1.82, 2.24) is 9.80 Å². The molecule has 3 aliphatic rings. The number of benzene rings is 2. The quantitative estimate of drug-likeness (QED) is 0.729. The molecule has 3 amide bonds. The summed E-state index contributed by atoms with van der Waals surface area (Å²) in [7, 11) is 0. The number of carbonyl (C=O) groups excluding carboxylic acids is 3. The standard InChI is InChI=1S/C25H28N4O5/c1-17(30)26-20-3-5-21(6-4-20)29-15-19(13-24(29)31)25(32)28-10-8-27(9-11-28)14-18-2-7-22-23(12-18)34-16-33-22/h2-7,12,19H,8-11,13-16H2,1H3,(H,26,30). The van der Waals surface area contributed by atoms with E-state index in [1.807, 2.05) is 23.1 Å². The number of nitrogens with one attached hydrogen (secondary N) is 1. The molecule has 34 heavy (non-hydrogen) atoms. The van der Waals surface area contributed by atoms with Gasteiger partial charge >= 0.3 is 0 Å². The maximum atomic E-state index is 13.1. The summed E-state index contributed by atoms with van der Waals surface area (Å²) in [4.78, 5) is 42.8. The van der Waals surface area contributed by atoms with E-state index >= 15 is 0 Å². The van der Waals surface area contributed by atoms with Crippen LogP contribution in [0.15, 0.2) is 42.5 Å². The van der Waals surface area contributed by atoms with E-state index in [0.29, 0.717) is 25.3 Å². The molecule has 0 saturated carbocycles. The van der Waals surface area contributed by atoms with Crippen molar-refractivity contribution in [3.05, 3.63) is 48.0 Å². The summed E-state index contributed by atoms with van der Waals surface area (Å²) < 4.78 is 10.8. The van der Waals surface area contributed by atoms with Crippen LogP contribution in [0, 0.1) is 5.92 Å². The number of hydrogen-bond donors (Lipinski definition) is 1. The van der Waals surface area contributed by atoms with E-state index in [9.17, 15) is 14.4 Å². The van der Waals surface area contributed by atoms with Crippen LogP contribution in [-0.2, 0) is 20.9 Å². The number of fused-ring (bicyclic) bond motifs is 1. The molecule has 0 radical (unpaired) electrons.